The summed E-state index contributed by atoms with van der Waals surface area (Å²) >= 11 is 0. The predicted octanol–water partition coefficient (Wildman–Crippen LogP) is 3.51. The van der Waals surface area contributed by atoms with Crippen molar-refractivity contribution in [3.63, 3.8) is 0 Å². The first-order valence-corrected chi connectivity index (χ1v) is 8.67. The van der Waals surface area contributed by atoms with Crippen molar-refractivity contribution in [3.05, 3.63) is 71.8 Å². The average Bonchev–Trinajstić information content (AvgIpc) is 3.17. The number of benzene rings is 2. The minimum Gasteiger partial charge on any atom is -0.497 e. The Morgan fingerprint density at radius 3 is 2.33 bits per heavy atom. The number of carbonyl (C=O) groups excluding carboxylic acids is 1. The highest BCUT2D eigenvalue weighted by atomic mass is 19.1. The number of carbonyl (C=O) groups is 1. The molecule has 27 heavy (non-hydrogen) atoms. The van der Waals surface area contributed by atoms with Crippen LogP contribution in [-0.2, 0) is 4.79 Å². The van der Waals surface area contributed by atoms with E-state index in [0.29, 0.717) is 12.4 Å². The van der Waals surface area contributed by atoms with Crippen LogP contribution in [0.4, 0.5) is 10.3 Å². The monoisotopic (exact) mass is 366 g/mol. The van der Waals surface area contributed by atoms with Crippen molar-refractivity contribution in [2.45, 2.75) is 25.4 Å². The van der Waals surface area contributed by atoms with E-state index < -0.39 is 0 Å². The second-order valence-corrected chi connectivity index (χ2v) is 6.49. The summed E-state index contributed by atoms with van der Waals surface area (Å²) in [5.74, 6) is 0.846. The average molecular weight is 366 g/mol. The maximum absolute atomic E-state index is 13.4. The molecule has 2 unspecified atom stereocenters. The summed E-state index contributed by atoms with van der Waals surface area (Å²) in [5.41, 5.74) is 1.90. The largest absolute Gasteiger partial charge is 0.497 e. The first-order chi connectivity index (χ1) is 13.1. The topological polar surface area (TPSA) is 60.2 Å². The molecule has 2 atom stereocenters. The third kappa shape index (κ3) is 3.05. The molecule has 7 heteroatoms. The van der Waals surface area contributed by atoms with E-state index in [0.717, 1.165) is 16.9 Å². The van der Waals surface area contributed by atoms with Gasteiger partial charge in [0.15, 0.2) is 0 Å². The van der Waals surface area contributed by atoms with Gasteiger partial charge >= 0.3 is 0 Å². The molecule has 4 rings (SSSR count). The predicted molar refractivity (Wildman–Crippen MR) is 98.1 cm³/mol. The Balaban J connectivity index is 1.80. The van der Waals surface area contributed by atoms with Crippen molar-refractivity contribution >= 4 is 11.9 Å². The molecule has 3 aromatic rings. The van der Waals surface area contributed by atoms with Crippen molar-refractivity contribution in [3.8, 4) is 5.75 Å². The van der Waals surface area contributed by atoms with E-state index in [2.05, 4.69) is 10.1 Å². The van der Waals surface area contributed by atoms with Crippen LogP contribution in [0.25, 0.3) is 0 Å². The molecule has 0 saturated heterocycles. The summed E-state index contributed by atoms with van der Waals surface area (Å²) in [6.45, 7) is 1.52. The maximum Gasteiger partial charge on any atom is 0.231 e. The van der Waals surface area contributed by atoms with E-state index >= 15 is 0 Å². The van der Waals surface area contributed by atoms with Crippen LogP contribution in [0.5, 0.6) is 5.75 Å². The van der Waals surface area contributed by atoms with Crippen LogP contribution in [0.1, 0.15) is 36.6 Å². The van der Waals surface area contributed by atoms with Gasteiger partial charge in [-0.25, -0.2) is 9.07 Å². The number of amides is 1. The molecule has 0 saturated carbocycles. The first-order valence-electron chi connectivity index (χ1n) is 8.67. The fourth-order valence-electron chi connectivity index (χ4n) is 3.63. The molecule has 0 radical (unpaired) electrons. The number of aromatic nitrogens is 3. The Morgan fingerprint density at radius 1 is 1.07 bits per heavy atom. The summed E-state index contributed by atoms with van der Waals surface area (Å²) in [4.78, 5) is 18.4. The zero-order valence-corrected chi connectivity index (χ0v) is 15.0. The van der Waals surface area contributed by atoms with Gasteiger partial charge in [-0.05, 0) is 41.8 Å². The van der Waals surface area contributed by atoms with Gasteiger partial charge in [0.1, 0.15) is 17.9 Å². The van der Waals surface area contributed by atoms with Crippen molar-refractivity contribution in [2.24, 2.45) is 0 Å². The smallest absolute Gasteiger partial charge is 0.231 e. The normalized spacial score (nSPS) is 18.9. The van der Waals surface area contributed by atoms with Crippen LogP contribution in [0.15, 0.2) is 54.9 Å². The van der Waals surface area contributed by atoms with Crippen LogP contribution in [0, 0.1) is 5.82 Å². The summed E-state index contributed by atoms with van der Waals surface area (Å²) in [6.07, 6.45) is 2.05. The number of anilines is 1. The summed E-state index contributed by atoms with van der Waals surface area (Å²) < 4.78 is 20.3. The number of fused-ring (bicyclic) bond motifs is 1. The van der Waals surface area contributed by atoms with Gasteiger partial charge in [0, 0.05) is 6.92 Å². The Hall–Kier alpha value is -3.22. The second kappa shape index (κ2) is 6.83. The Bertz CT molecular complexity index is 953. The number of rotatable bonds is 3. The van der Waals surface area contributed by atoms with Gasteiger partial charge in [0.25, 0.3) is 0 Å². The lowest BCUT2D eigenvalue weighted by molar-refractivity contribution is -0.117. The minimum absolute atomic E-state index is 0.109. The quantitative estimate of drug-likeness (QED) is 0.712. The van der Waals surface area contributed by atoms with Gasteiger partial charge in [-0.3, -0.25) is 9.69 Å². The van der Waals surface area contributed by atoms with E-state index in [1.807, 2.05) is 24.3 Å². The highest BCUT2D eigenvalue weighted by Gasteiger charge is 2.38. The van der Waals surface area contributed by atoms with E-state index in [9.17, 15) is 9.18 Å². The molecule has 0 fully saturated rings. The van der Waals surface area contributed by atoms with Crippen molar-refractivity contribution in [1.82, 2.24) is 14.8 Å². The van der Waals surface area contributed by atoms with Crippen LogP contribution >= 0.6 is 0 Å². The van der Waals surface area contributed by atoms with Crippen LogP contribution in [0.3, 0.4) is 0 Å². The van der Waals surface area contributed by atoms with Gasteiger partial charge in [-0.2, -0.15) is 10.1 Å². The fraction of sp³-hybridized carbons (Fsp3) is 0.250. The molecule has 2 aromatic carbocycles. The summed E-state index contributed by atoms with van der Waals surface area (Å²) in [5, 5.41) is 4.32. The number of ether oxygens (including phenoxy) is 1. The molecule has 0 aliphatic carbocycles. The molecule has 1 aromatic heterocycles. The van der Waals surface area contributed by atoms with Crippen LogP contribution < -0.4 is 9.64 Å². The third-order valence-corrected chi connectivity index (χ3v) is 4.92. The molecular formula is C20H19FN4O2. The lowest BCUT2D eigenvalue weighted by Crippen LogP contribution is -2.41. The highest BCUT2D eigenvalue weighted by Crippen LogP contribution is 2.41. The fourth-order valence-corrected chi connectivity index (χ4v) is 3.63. The molecule has 1 aliphatic rings. The molecule has 0 spiro atoms. The van der Waals surface area contributed by atoms with Crippen molar-refractivity contribution < 1.29 is 13.9 Å². The molecule has 0 bridgehead atoms. The van der Waals surface area contributed by atoms with Gasteiger partial charge in [0.05, 0.1) is 19.2 Å². The van der Waals surface area contributed by atoms with E-state index in [4.69, 9.17) is 4.74 Å². The standard InChI is InChI=1S/C20H19FN4O2/c1-13(26)24-18(14-5-9-17(27-2)10-6-14)11-19(25-20(24)22-12-23-25)15-3-7-16(21)8-4-15/h3-10,12,18-19H,11H2,1-2H3. The SMILES string of the molecule is COc1ccc(C2CC(c3ccc(F)cc3)n3ncnc3N2C(C)=O)cc1. The molecule has 1 aliphatic heterocycles. The Labute approximate surface area is 156 Å². The van der Waals surface area contributed by atoms with Gasteiger partial charge in [-0.1, -0.05) is 24.3 Å². The summed E-state index contributed by atoms with van der Waals surface area (Å²) in [7, 11) is 1.62. The lowest BCUT2D eigenvalue weighted by Gasteiger charge is -2.38. The number of halogens is 1. The van der Waals surface area contributed by atoms with E-state index in [1.165, 1.54) is 25.4 Å². The Morgan fingerprint density at radius 2 is 1.70 bits per heavy atom. The Kier molecular flexibility index (Phi) is 4.35. The minimum atomic E-state index is -0.287. The third-order valence-electron chi connectivity index (χ3n) is 4.92. The maximum atomic E-state index is 13.4. The molecule has 1 amide bonds. The highest BCUT2D eigenvalue weighted by molar-refractivity contribution is 5.90. The molecule has 138 valence electrons. The van der Waals surface area contributed by atoms with E-state index in [1.54, 1.807) is 28.8 Å². The van der Waals surface area contributed by atoms with Crippen molar-refractivity contribution in [1.29, 1.82) is 0 Å². The molecule has 2 heterocycles. The molecule has 0 N–H and O–H groups in total. The van der Waals surface area contributed by atoms with Gasteiger partial charge < -0.3 is 4.74 Å². The zero-order valence-electron chi connectivity index (χ0n) is 15.0. The summed E-state index contributed by atoms with van der Waals surface area (Å²) in [6, 6.07) is 13.7. The van der Waals surface area contributed by atoms with Crippen molar-refractivity contribution in [2.75, 3.05) is 12.0 Å². The first kappa shape index (κ1) is 17.2. The van der Waals surface area contributed by atoms with E-state index in [-0.39, 0.29) is 23.8 Å². The second-order valence-electron chi connectivity index (χ2n) is 6.49. The number of hydrogen-bond donors (Lipinski definition) is 0. The van der Waals surface area contributed by atoms with Gasteiger partial charge in [0.2, 0.25) is 11.9 Å². The zero-order chi connectivity index (χ0) is 19.0. The van der Waals surface area contributed by atoms with Crippen LogP contribution in [-0.4, -0.2) is 27.8 Å². The number of nitrogens with zero attached hydrogens (tertiary/aromatic N) is 4. The molecular weight excluding hydrogens is 347 g/mol. The molecule has 6 nitrogen and oxygen atoms in total. The van der Waals surface area contributed by atoms with Gasteiger partial charge in [-0.15, -0.1) is 0 Å². The lowest BCUT2D eigenvalue weighted by atomic mass is 9.92. The number of hydrogen-bond acceptors (Lipinski definition) is 4. The van der Waals surface area contributed by atoms with Crippen LogP contribution in [0.2, 0.25) is 0 Å². The number of methoxy groups -OCH3 is 1.